The normalized spacial score (nSPS) is 39.2. The second-order valence-electron chi connectivity index (χ2n) is 6.04. The van der Waals surface area contributed by atoms with Crippen LogP contribution >= 0.6 is 0 Å². The molecule has 0 aromatic heterocycles. The van der Waals surface area contributed by atoms with Gasteiger partial charge in [0, 0.05) is 18.4 Å². The number of rotatable bonds is 3. The number of carboxylic acid groups (broad SMARTS) is 1. The Morgan fingerprint density at radius 2 is 1.71 bits per heavy atom. The van der Waals surface area contributed by atoms with Crippen molar-refractivity contribution in [3.8, 4) is 0 Å². The molecule has 0 heterocycles. The summed E-state index contributed by atoms with van der Waals surface area (Å²) in [6.45, 7) is 4.89. The van der Waals surface area contributed by atoms with Crippen LogP contribution in [0.2, 0.25) is 0 Å². The van der Waals surface area contributed by atoms with Crippen molar-refractivity contribution in [3.63, 3.8) is 0 Å². The van der Waals surface area contributed by atoms with Crippen molar-refractivity contribution in [2.75, 3.05) is 0 Å². The Bertz CT molecular complexity index is 445. The maximum absolute atomic E-state index is 11.3. The number of aliphatic carboxylic acids is 1. The number of aliphatic hydroxyl groups is 2. The molecule has 21 heavy (non-hydrogen) atoms. The van der Waals surface area contributed by atoms with Crippen molar-refractivity contribution < 1.29 is 29.6 Å². The molecule has 6 heteroatoms. The highest BCUT2D eigenvalue weighted by Gasteiger charge is 2.50. The minimum absolute atomic E-state index is 0.0585. The van der Waals surface area contributed by atoms with Crippen molar-refractivity contribution in [2.45, 2.75) is 50.9 Å². The molecular formula is C15H22O6. The molecular weight excluding hydrogens is 276 g/mol. The molecule has 0 aromatic carbocycles. The number of hydrogen-bond acceptors (Lipinski definition) is 5. The van der Waals surface area contributed by atoms with Crippen LogP contribution in [0.3, 0.4) is 0 Å². The standard InChI is InChI=1S/C15H22O6/c1-7(15(19)20)9-3-5-11(17)10-4-6-12(18)14(13(9)10)21-8(2)16/h9-14,17-18H,1,3-6H2,2H3,(H,19,20)/t9-,10-,11-,12+,13+,14-/m1/s1. The number of carboxylic acids is 1. The van der Waals surface area contributed by atoms with Gasteiger partial charge < -0.3 is 20.1 Å². The molecule has 0 radical (unpaired) electrons. The van der Waals surface area contributed by atoms with Gasteiger partial charge in [0.1, 0.15) is 6.10 Å². The average Bonchev–Trinajstić information content (AvgIpc) is 2.41. The second kappa shape index (κ2) is 6.15. The predicted octanol–water partition coefficient (Wildman–Crippen LogP) is 0.717. The average molecular weight is 298 g/mol. The van der Waals surface area contributed by atoms with Gasteiger partial charge in [-0.15, -0.1) is 0 Å². The van der Waals surface area contributed by atoms with Gasteiger partial charge in [0.05, 0.1) is 12.2 Å². The predicted molar refractivity (Wildman–Crippen MR) is 73.3 cm³/mol. The van der Waals surface area contributed by atoms with E-state index in [2.05, 4.69) is 6.58 Å². The van der Waals surface area contributed by atoms with Crippen LogP contribution in [0, 0.1) is 17.8 Å². The van der Waals surface area contributed by atoms with Crippen LogP contribution in [0.4, 0.5) is 0 Å². The van der Waals surface area contributed by atoms with Gasteiger partial charge in [-0.3, -0.25) is 4.79 Å². The number of esters is 1. The van der Waals surface area contributed by atoms with E-state index in [0.717, 1.165) is 0 Å². The number of hydrogen-bond donors (Lipinski definition) is 3. The first kappa shape index (κ1) is 16.0. The molecule has 0 saturated heterocycles. The van der Waals surface area contributed by atoms with Gasteiger partial charge in [0.15, 0.2) is 0 Å². The molecule has 0 bridgehead atoms. The molecule has 0 spiro atoms. The molecule has 2 fully saturated rings. The lowest BCUT2D eigenvalue weighted by molar-refractivity contribution is -0.176. The van der Waals surface area contributed by atoms with Crippen LogP contribution in [0.5, 0.6) is 0 Å². The molecule has 2 saturated carbocycles. The quantitative estimate of drug-likeness (QED) is 0.524. The fraction of sp³-hybridized carbons (Fsp3) is 0.733. The summed E-state index contributed by atoms with van der Waals surface area (Å²) in [5, 5.41) is 29.5. The molecule has 118 valence electrons. The molecule has 2 rings (SSSR count). The van der Waals surface area contributed by atoms with E-state index < -0.39 is 42.1 Å². The highest BCUT2D eigenvalue weighted by molar-refractivity contribution is 5.86. The van der Waals surface area contributed by atoms with Crippen LogP contribution < -0.4 is 0 Å². The first-order valence-electron chi connectivity index (χ1n) is 7.28. The summed E-state index contributed by atoms with van der Waals surface area (Å²) in [5.74, 6) is -2.57. The Kier molecular flexibility index (Phi) is 4.68. The van der Waals surface area contributed by atoms with E-state index in [1.807, 2.05) is 0 Å². The minimum atomic E-state index is -1.09. The fourth-order valence-electron chi connectivity index (χ4n) is 3.87. The van der Waals surface area contributed by atoms with Gasteiger partial charge in [-0.25, -0.2) is 4.79 Å². The number of aliphatic hydroxyl groups excluding tert-OH is 2. The van der Waals surface area contributed by atoms with Crippen molar-refractivity contribution in [1.82, 2.24) is 0 Å². The van der Waals surface area contributed by atoms with Crippen molar-refractivity contribution >= 4 is 11.9 Å². The van der Waals surface area contributed by atoms with Crippen LogP contribution in [0.25, 0.3) is 0 Å². The smallest absolute Gasteiger partial charge is 0.331 e. The van der Waals surface area contributed by atoms with E-state index in [1.54, 1.807) is 0 Å². The lowest BCUT2D eigenvalue weighted by atomic mass is 9.60. The second-order valence-corrected chi connectivity index (χ2v) is 6.04. The van der Waals surface area contributed by atoms with Gasteiger partial charge >= 0.3 is 11.9 Å². The van der Waals surface area contributed by atoms with Gasteiger partial charge in [-0.1, -0.05) is 6.58 Å². The fourth-order valence-corrected chi connectivity index (χ4v) is 3.87. The lowest BCUT2D eigenvalue weighted by Crippen LogP contribution is -2.54. The Labute approximate surface area is 123 Å². The zero-order valence-electron chi connectivity index (χ0n) is 12.1. The molecule has 6 nitrogen and oxygen atoms in total. The largest absolute Gasteiger partial charge is 0.478 e. The van der Waals surface area contributed by atoms with Gasteiger partial charge in [-0.05, 0) is 37.5 Å². The van der Waals surface area contributed by atoms with E-state index in [0.29, 0.717) is 25.7 Å². The van der Waals surface area contributed by atoms with Crippen molar-refractivity contribution in [3.05, 3.63) is 12.2 Å². The van der Waals surface area contributed by atoms with E-state index in [1.165, 1.54) is 6.92 Å². The summed E-state index contributed by atoms with van der Waals surface area (Å²) in [6.07, 6.45) is -0.171. The summed E-state index contributed by atoms with van der Waals surface area (Å²) < 4.78 is 5.25. The zero-order valence-corrected chi connectivity index (χ0v) is 12.1. The van der Waals surface area contributed by atoms with Crippen LogP contribution in [0.15, 0.2) is 12.2 Å². The zero-order chi connectivity index (χ0) is 15.7. The minimum Gasteiger partial charge on any atom is -0.478 e. The van der Waals surface area contributed by atoms with Gasteiger partial charge in [-0.2, -0.15) is 0 Å². The van der Waals surface area contributed by atoms with E-state index >= 15 is 0 Å². The topological polar surface area (TPSA) is 104 Å². The molecule has 0 unspecified atom stereocenters. The number of carbonyl (C=O) groups is 2. The highest BCUT2D eigenvalue weighted by atomic mass is 16.6. The number of ether oxygens (including phenoxy) is 1. The van der Waals surface area contributed by atoms with E-state index in [4.69, 9.17) is 4.74 Å². The van der Waals surface area contributed by atoms with Gasteiger partial charge in [0.2, 0.25) is 0 Å². The first-order chi connectivity index (χ1) is 9.82. The lowest BCUT2D eigenvalue weighted by Gasteiger charge is -2.49. The third-order valence-corrected chi connectivity index (χ3v) is 4.81. The van der Waals surface area contributed by atoms with E-state index in [9.17, 15) is 24.9 Å². The molecule has 0 amide bonds. The SMILES string of the molecule is C=C(C(=O)O)[C@H]1CC[C@@H](O)[C@H]2CC[C@H](O)[C@@H](OC(C)=O)[C@H]21. The Morgan fingerprint density at radius 3 is 2.29 bits per heavy atom. The van der Waals surface area contributed by atoms with Gasteiger partial charge in [0.25, 0.3) is 0 Å². The molecule has 0 aromatic rings. The maximum Gasteiger partial charge on any atom is 0.331 e. The summed E-state index contributed by atoms with van der Waals surface area (Å²) in [4.78, 5) is 22.5. The van der Waals surface area contributed by atoms with Crippen LogP contribution in [-0.4, -0.2) is 45.6 Å². The summed E-state index contributed by atoms with van der Waals surface area (Å²) >= 11 is 0. The van der Waals surface area contributed by atoms with Crippen LogP contribution in [0.1, 0.15) is 32.6 Å². The monoisotopic (exact) mass is 298 g/mol. The Balaban J connectivity index is 2.32. The van der Waals surface area contributed by atoms with Crippen molar-refractivity contribution in [2.24, 2.45) is 17.8 Å². The number of fused-ring (bicyclic) bond motifs is 1. The Morgan fingerprint density at radius 1 is 1.10 bits per heavy atom. The first-order valence-corrected chi connectivity index (χ1v) is 7.28. The van der Waals surface area contributed by atoms with Crippen LogP contribution in [-0.2, 0) is 14.3 Å². The maximum atomic E-state index is 11.3. The Hall–Kier alpha value is -1.40. The third-order valence-electron chi connectivity index (χ3n) is 4.81. The summed E-state index contributed by atoms with van der Waals surface area (Å²) in [7, 11) is 0. The molecule has 2 aliphatic carbocycles. The summed E-state index contributed by atoms with van der Waals surface area (Å²) in [6, 6.07) is 0. The van der Waals surface area contributed by atoms with Crippen molar-refractivity contribution in [1.29, 1.82) is 0 Å². The third kappa shape index (κ3) is 3.11. The number of carbonyl (C=O) groups excluding carboxylic acids is 1. The molecule has 2 aliphatic rings. The molecule has 3 N–H and O–H groups in total. The van der Waals surface area contributed by atoms with E-state index in [-0.39, 0.29) is 11.5 Å². The highest BCUT2D eigenvalue weighted by Crippen LogP contribution is 2.47. The summed E-state index contributed by atoms with van der Waals surface area (Å²) in [5.41, 5.74) is 0.0585. The molecule has 0 aliphatic heterocycles. The molecule has 6 atom stereocenters.